The van der Waals surface area contributed by atoms with E-state index < -0.39 is 0 Å². The van der Waals surface area contributed by atoms with Gasteiger partial charge in [-0.1, -0.05) is 52.4 Å². The molecule has 0 saturated carbocycles. The lowest BCUT2D eigenvalue weighted by molar-refractivity contribution is 0.111. The molecule has 4 heterocycles. The minimum absolute atomic E-state index is 0.792. The van der Waals surface area contributed by atoms with Gasteiger partial charge in [0.05, 0.1) is 41.2 Å². The van der Waals surface area contributed by atoms with Crippen LogP contribution >= 0.6 is 22.7 Å². The quantitative estimate of drug-likeness (QED) is 0.129. The summed E-state index contributed by atoms with van der Waals surface area (Å²) in [6, 6.07) is 8.80. The van der Waals surface area contributed by atoms with Crippen LogP contribution in [0.15, 0.2) is 24.3 Å². The Morgan fingerprint density at radius 3 is 1.44 bits per heavy atom. The van der Waals surface area contributed by atoms with Crippen LogP contribution in [0.3, 0.4) is 0 Å². The third kappa shape index (κ3) is 4.01. The van der Waals surface area contributed by atoms with Gasteiger partial charge in [0.1, 0.15) is 0 Å². The van der Waals surface area contributed by atoms with Gasteiger partial charge in [-0.25, -0.2) is 0 Å². The number of carbonyl (C=O) groups is 2. The van der Waals surface area contributed by atoms with E-state index in [0.717, 1.165) is 48.3 Å². The number of rotatable bonds is 12. The van der Waals surface area contributed by atoms with Crippen molar-refractivity contribution in [3.8, 4) is 0 Å². The number of unbranched alkanes of at least 4 members (excludes halogenated alkanes) is 6. The van der Waals surface area contributed by atoms with E-state index in [9.17, 15) is 9.59 Å². The molecule has 0 amide bonds. The molecule has 0 saturated heterocycles. The van der Waals surface area contributed by atoms with Crippen LogP contribution < -0.4 is 0 Å². The predicted octanol–water partition coefficient (Wildman–Crippen LogP) is 8.81. The second-order valence-electron chi connectivity index (χ2n) is 9.27. The van der Waals surface area contributed by atoms with E-state index in [1.165, 1.54) is 80.8 Å². The number of hydrogen-bond acceptors (Lipinski definition) is 4. The second-order valence-corrected chi connectivity index (χ2v) is 11.4. The number of aryl methyl sites for hydroxylation is 2. The lowest BCUT2D eigenvalue weighted by atomic mass is 10.1. The number of aldehydes is 2. The van der Waals surface area contributed by atoms with Gasteiger partial charge in [0, 0.05) is 23.9 Å². The van der Waals surface area contributed by atoms with Gasteiger partial charge < -0.3 is 9.13 Å². The summed E-state index contributed by atoms with van der Waals surface area (Å²) in [5, 5.41) is 2.48. The standard InChI is InChI=1S/C28H32N2O2S2/c1-3-5-7-9-11-29-23-15-22-24(16-21(23)27-25(29)13-19(17-31)33-27)30(12-10-8-6-4-2)26-14-20(18-32)34-28(22)26/h13-18H,3-12H2,1-2H3. The Bertz CT molecular complexity index is 1370. The minimum Gasteiger partial charge on any atom is -0.340 e. The topological polar surface area (TPSA) is 44.0 Å². The van der Waals surface area contributed by atoms with Crippen LogP contribution in [0.1, 0.15) is 84.6 Å². The zero-order valence-electron chi connectivity index (χ0n) is 20.1. The smallest absolute Gasteiger partial charge is 0.160 e. The SMILES string of the molecule is CCCCCCn1c2cc3c4sc(C=O)cc4n(CCCCCC)c3cc2c2sc(C=O)cc21. The van der Waals surface area contributed by atoms with Gasteiger partial charge in [0.2, 0.25) is 0 Å². The highest BCUT2D eigenvalue weighted by molar-refractivity contribution is 7.22. The average Bonchev–Trinajstić information content (AvgIpc) is 3.58. The molecular weight excluding hydrogens is 460 g/mol. The van der Waals surface area contributed by atoms with E-state index in [0.29, 0.717) is 0 Å². The van der Waals surface area contributed by atoms with Crippen molar-refractivity contribution >= 4 is 77.5 Å². The van der Waals surface area contributed by atoms with Crippen molar-refractivity contribution in [2.45, 2.75) is 78.3 Å². The molecule has 0 fully saturated rings. The Balaban J connectivity index is 1.71. The van der Waals surface area contributed by atoms with Crippen molar-refractivity contribution < 1.29 is 9.59 Å². The van der Waals surface area contributed by atoms with Crippen molar-refractivity contribution in [3.05, 3.63) is 34.0 Å². The first-order valence-electron chi connectivity index (χ1n) is 12.6. The normalized spacial score (nSPS) is 12.1. The molecule has 34 heavy (non-hydrogen) atoms. The molecule has 4 aromatic heterocycles. The first-order chi connectivity index (χ1) is 16.7. The molecule has 178 valence electrons. The fourth-order valence-electron chi connectivity index (χ4n) is 5.22. The van der Waals surface area contributed by atoms with E-state index in [1.807, 2.05) is 0 Å². The number of fused-ring (bicyclic) bond motifs is 6. The van der Waals surface area contributed by atoms with E-state index >= 15 is 0 Å². The number of carbonyl (C=O) groups excluding carboxylic acids is 2. The van der Waals surface area contributed by atoms with Crippen LogP contribution in [0.4, 0.5) is 0 Å². The van der Waals surface area contributed by atoms with Crippen LogP contribution in [0.25, 0.3) is 42.2 Å². The summed E-state index contributed by atoms with van der Waals surface area (Å²) in [5.74, 6) is 0. The Morgan fingerprint density at radius 2 is 1.06 bits per heavy atom. The summed E-state index contributed by atoms with van der Waals surface area (Å²) in [6.45, 7) is 6.40. The first kappa shape index (κ1) is 23.3. The van der Waals surface area contributed by atoms with Crippen LogP contribution in [-0.4, -0.2) is 21.7 Å². The monoisotopic (exact) mass is 492 g/mol. The number of nitrogens with zero attached hydrogens (tertiary/aromatic N) is 2. The van der Waals surface area contributed by atoms with Crippen molar-refractivity contribution in [2.75, 3.05) is 0 Å². The van der Waals surface area contributed by atoms with Gasteiger partial charge in [0.15, 0.2) is 12.6 Å². The molecule has 0 spiro atoms. The average molecular weight is 493 g/mol. The van der Waals surface area contributed by atoms with Gasteiger partial charge >= 0.3 is 0 Å². The van der Waals surface area contributed by atoms with E-state index in [-0.39, 0.29) is 0 Å². The summed E-state index contributed by atoms with van der Waals surface area (Å²) in [6.07, 6.45) is 11.6. The van der Waals surface area contributed by atoms with Gasteiger partial charge in [-0.2, -0.15) is 0 Å². The summed E-state index contributed by atoms with van der Waals surface area (Å²) >= 11 is 3.21. The molecule has 1 aromatic carbocycles. The highest BCUT2D eigenvalue weighted by Gasteiger charge is 2.20. The summed E-state index contributed by atoms with van der Waals surface area (Å²) in [4.78, 5) is 24.7. The zero-order valence-corrected chi connectivity index (χ0v) is 21.7. The first-order valence-corrected chi connectivity index (χ1v) is 14.2. The van der Waals surface area contributed by atoms with Gasteiger partial charge in [-0.3, -0.25) is 9.59 Å². The largest absolute Gasteiger partial charge is 0.340 e. The maximum atomic E-state index is 11.6. The molecule has 0 aliphatic rings. The van der Waals surface area contributed by atoms with Crippen LogP contribution in [-0.2, 0) is 13.1 Å². The number of benzene rings is 1. The lowest BCUT2D eigenvalue weighted by Gasteiger charge is -2.09. The second kappa shape index (κ2) is 10.0. The van der Waals surface area contributed by atoms with E-state index in [4.69, 9.17) is 0 Å². The highest BCUT2D eigenvalue weighted by Crippen LogP contribution is 2.42. The lowest BCUT2D eigenvalue weighted by Crippen LogP contribution is -1.99. The fraction of sp³-hybridized carbons (Fsp3) is 0.429. The molecule has 0 atom stereocenters. The maximum Gasteiger partial charge on any atom is 0.160 e. The van der Waals surface area contributed by atoms with Crippen LogP contribution in [0.2, 0.25) is 0 Å². The van der Waals surface area contributed by atoms with Gasteiger partial charge in [0.25, 0.3) is 0 Å². The predicted molar refractivity (Wildman–Crippen MR) is 147 cm³/mol. The van der Waals surface area contributed by atoms with Crippen molar-refractivity contribution in [3.63, 3.8) is 0 Å². The number of aromatic nitrogens is 2. The molecule has 6 heteroatoms. The molecule has 5 aromatic rings. The summed E-state index contributed by atoms with van der Waals surface area (Å²) < 4.78 is 7.26. The van der Waals surface area contributed by atoms with Gasteiger partial charge in [-0.05, 0) is 37.1 Å². The molecule has 0 unspecified atom stereocenters. The van der Waals surface area contributed by atoms with Crippen molar-refractivity contribution in [2.24, 2.45) is 0 Å². The summed E-state index contributed by atoms with van der Waals surface area (Å²) in [5.41, 5.74) is 4.84. The number of hydrogen-bond donors (Lipinski definition) is 0. The Morgan fingerprint density at radius 1 is 0.618 bits per heavy atom. The van der Waals surface area contributed by atoms with Crippen molar-refractivity contribution in [1.29, 1.82) is 0 Å². The molecule has 5 rings (SSSR count). The minimum atomic E-state index is 0.792. The molecule has 4 nitrogen and oxygen atoms in total. The third-order valence-corrected chi connectivity index (χ3v) is 9.10. The van der Waals surface area contributed by atoms with Crippen LogP contribution in [0.5, 0.6) is 0 Å². The maximum absolute atomic E-state index is 11.6. The molecular formula is C28H32N2O2S2. The van der Waals surface area contributed by atoms with Crippen molar-refractivity contribution in [1.82, 2.24) is 9.13 Å². The molecule has 0 radical (unpaired) electrons. The Kier molecular flexibility index (Phi) is 6.89. The molecule has 0 aliphatic carbocycles. The van der Waals surface area contributed by atoms with E-state index in [1.54, 1.807) is 22.7 Å². The molecule has 0 N–H and O–H groups in total. The third-order valence-electron chi connectivity index (χ3n) is 6.93. The number of thiophene rings is 2. The molecule has 0 bridgehead atoms. The van der Waals surface area contributed by atoms with E-state index in [2.05, 4.69) is 47.2 Å². The highest BCUT2D eigenvalue weighted by atomic mass is 32.1. The summed E-state index contributed by atoms with van der Waals surface area (Å²) in [7, 11) is 0. The zero-order chi connectivity index (χ0) is 23.7. The Hall–Kier alpha value is -2.44. The van der Waals surface area contributed by atoms with Crippen LogP contribution in [0, 0.1) is 0 Å². The van der Waals surface area contributed by atoms with Gasteiger partial charge in [-0.15, -0.1) is 22.7 Å². The fourth-order valence-corrected chi connectivity index (χ4v) is 7.23. The molecule has 0 aliphatic heterocycles. The Labute approximate surface area is 208 Å².